The molecule has 3 saturated carbocycles. The highest BCUT2D eigenvalue weighted by Gasteiger charge is 2.77. The molecule has 6 aliphatic rings. The van der Waals surface area contributed by atoms with Crippen molar-refractivity contribution in [2.45, 2.75) is 211 Å². The molecular weight excluding hydrogens is 925 g/mol. The van der Waals surface area contributed by atoms with Crippen LogP contribution in [-0.4, -0.2) is 187 Å². The van der Waals surface area contributed by atoms with Crippen molar-refractivity contribution < 1.29 is 73.1 Å². The Labute approximate surface area is 419 Å². The number of alkyl halides is 2. The van der Waals surface area contributed by atoms with Crippen LogP contribution >= 0.6 is 0 Å². The number of nitrogens with zero attached hydrogens (tertiary/aromatic N) is 2. The van der Waals surface area contributed by atoms with Gasteiger partial charge in [-0.15, -0.1) is 0 Å². The van der Waals surface area contributed by atoms with Crippen LogP contribution in [0.1, 0.15) is 121 Å². The zero-order chi connectivity index (χ0) is 53.3. The third kappa shape index (κ3) is 9.97. The number of hydrogen-bond acceptors (Lipinski definition) is 15. The van der Waals surface area contributed by atoms with Crippen molar-refractivity contribution in [2.24, 2.45) is 46.3 Å². The molecule has 18 heteroatoms. The molecule has 6 rings (SSSR count). The summed E-state index contributed by atoms with van der Waals surface area (Å²) in [6.07, 6.45) is -7.07. The van der Waals surface area contributed by atoms with Crippen molar-refractivity contribution in [1.29, 1.82) is 0 Å². The number of fused-ring (bicyclic) bond motifs is 5. The summed E-state index contributed by atoms with van der Waals surface area (Å²) >= 11 is 0. The SMILES string of the molecule is CC[C@H]1OC(=O)[C@H](C)C(O)[C@H](C)C(OC2OC(C)C[C@@H](N(C)C)C2O)[C@](C)(O)C[C@@H](C)CN(CCCNC(=O)[C@@]2(O)[C@H](C)CC3C4C[C@H](F)C5=CC(=O)C=C[C@]5(C)[C@@]4(F)[C@@H](O)C[C@@]32C)[C@H](C)[C@@H](O)[C@]1(C)O. The zero-order valence-corrected chi connectivity index (χ0v) is 44.3. The van der Waals surface area contributed by atoms with Crippen molar-refractivity contribution in [3.63, 3.8) is 0 Å². The maximum absolute atomic E-state index is 17.8. The van der Waals surface area contributed by atoms with Crippen LogP contribution in [0.25, 0.3) is 0 Å². The van der Waals surface area contributed by atoms with E-state index < -0.39 is 136 Å². The molecule has 1 amide bonds. The van der Waals surface area contributed by atoms with Gasteiger partial charge in [-0.25, -0.2) is 8.78 Å². The van der Waals surface area contributed by atoms with Crippen LogP contribution in [0.5, 0.6) is 0 Å². The number of amides is 1. The molecule has 2 saturated heterocycles. The lowest BCUT2D eigenvalue weighted by Crippen LogP contribution is -2.71. The van der Waals surface area contributed by atoms with Gasteiger partial charge in [-0.1, -0.05) is 40.7 Å². The van der Waals surface area contributed by atoms with Gasteiger partial charge in [0, 0.05) is 54.4 Å². The number of ether oxygens (including phenoxy) is 3. The van der Waals surface area contributed by atoms with E-state index in [0.717, 1.165) is 6.08 Å². The van der Waals surface area contributed by atoms with Gasteiger partial charge in [-0.2, -0.15) is 0 Å². The maximum Gasteiger partial charge on any atom is 0.311 e. The normalized spacial score (nSPS) is 50.2. The number of carbonyl (C=O) groups is 3. The van der Waals surface area contributed by atoms with Crippen LogP contribution in [0, 0.1) is 46.3 Å². The molecule has 2 heterocycles. The minimum absolute atomic E-state index is 0.0103. The van der Waals surface area contributed by atoms with E-state index in [-0.39, 0.29) is 81.8 Å². The van der Waals surface area contributed by atoms with Crippen LogP contribution < -0.4 is 5.32 Å². The fourth-order valence-corrected chi connectivity index (χ4v) is 14.5. The van der Waals surface area contributed by atoms with E-state index in [9.17, 15) is 50.1 Å². The number of allylic oxidation sites excluding steroid dienone is 4. The number of aliphatic hydroxyl groups excluding tert-OH is 4. The smallest absolute Gasteiger partial charge is 0.311 e. The van der Waals surface area contributed by atoms with E-state index >= 15 is 8.78 Å². The second-order valence-corrected chi connectivity index (χ2v) is 24.0. The molecule has 5 fully saturated rings. The number of halogens is 2. The lowest BCUT2D eigenvalue weighted by atomic mass is 9.44. The molecule has 0 aromatic rings. The second kappa shape index (κ2) is 20.9. The molecule has 0 radical (unpaired) electrons. The standard InChI is InChI=1S/C53H87F2N3O13/c1-14-40-51(11,67)43(63)32(7)58(26-27(2)24-50(10,66)44(30(5)41(61)31(6)45(64)70-40)71-46-42(62)38(57(12)13)21-29(4)69-46)19-15-18-56-47(65)53(68)28(3)20-34-35-23-37(54)36-22-33(59)16-17-48(36,8)52(35,55)39(60)25-49(34,53)9/h16-17,22,27-32,34-35,37-44,46,60-63,66-68H,14-15,18-21,23-26H2,1-13H3,(H,56,65)/t27-,28-,29?,30+,31-,32-,34?,35?,37+,38-,39+,40-,41?,42?,43-,44?,46?,48+,49+,50-,51-,52+,53+/m1/s1. The number of nitrogens with one attached hydrogen (secondary N) is 1. The molecule has 0 spiro atoms. The Hall–Kier alpha value is -2.49. The Morgan fingerprint density at radius 2 is 1.59 bits per heavy atom. The van der Waals surface area contributed by atoms with E-state index in [1.165, 1.54) is 32.9 Å². The molecule has 0 bridgehead atoms. The minimum Gasteiger partial charge on any atom is -0.459 e. The summed E-state index contributed by atoms with van der Waals surface area (Å²) in [7, 11) is 3.68. The number of likely N-dealkylation sites (N-methyl/N-ethyl adjacent to an activating group) is 1. The van der Waals surface area contributed by atoms with Crippen molar-refractivity contribution in [3.05, 3.63) is 23.8 Å². The molecule has 71 heavy (non-hydrogen) atoms. The van der Waals surface area contributed by atoms with Crippen molar-refractivity contribution in [1.82, 2.24) is 15.1 Å². The molecular formula is C53H87F2N3O13. The van der Waals surface area contributed by atoms with Gasteiger partial charge in [0.1, 0.15) is 30.1 Å². The Balaban J connectivity index is 1.23. The van der Waals surface area contributed by atoms with Crippen molar-refractivity contribution >= 4 is 17.7 Å². The second-order valence-electron chi connectivity index (χ2n) is 24.0. The van der Waals surface area contributed by atoms with Gasteiger partial charge in [-0.05, 0) is 136 Å². The van der Waals surface area contributed by atoms with E-state index in [1.807, 2.05) is 37.7 Å². The summed E-state index contributed by atoms with van der Waals surface area (Å²) < 4.78 is 52.4. The van der Waals surface area contributed by atoms with Crippen LogP contribution in [0.4, 0.5) is 8.78 Å². The molecule has 23 atom stereocenters. The molecule has 2 aliphatic heterocycles. The number of carbonyl (C=O) groups excluding carboxylic acids is 3. The summed E-state index contributed by atoms with van der Waals surface area (Å²) in [5, 5.41) is 87.1. The van der Waals surface area contributed by atoms with E-state index in [2.05, 4.69) is 5.32 Å². The number of ketones is 1. The summed E-state index contributed by atoms with van der Waals surface area (Å²) in [5.41, 5.74) is -11.1. The number of cyclic esters (lactones) is 1. The van der Waals surface area contributed by atoms with Crippen LogP contribution in [0.2, 0.25) is 0 Å². The fraction of sp³-hybridized carbons (Fsp3) is 0.868. The highest BCUT2D eigenvalue weighted by Crippen LogP contribution is 2.71. The van der Waals surface area contributed by atoms with Gasteiger partial charge >= 0.3 is 5.97 Å². The van der Waals surface area contributed by atoms with Gasteiger partial charge < -0.3 is 60.2 Å². The zero-order valence-electron chi connectivity index (χ0n) is 44.3. The Kier molecular flexibility index (Phi) is 17.0. The van der Waals surface area contributed by atoms with Gasteiger partial charge in [0.15, 0.2) is 23.3 Å². The van der Waals surface area contributed by atoms with Crippen LogP contribution in [0.3, 0.4) is 0 Å². The average Bonchev–Trinajstić information content (AvgIpc) is 3.49. The molecule has 16 nitrogen and oxygen atoms in total. The fourth-order valence-electron chi connectivity index (χ4n) is 14.5. The summed E-state index contributed by atoms with van der Waals surface area (Å²) in [6, 6.07) is -1.14. The molecule has 0 aromatic carbocycles. The predicted octanol–water partition coefficient (Wildman–Crippen LogP) is 3.15. The first-order valence-electron chi connectivity index (χ1n) is 26.1. The lowest BCUT2D eigenvalue weighted by Gasteiger charge is -2.63. The summed E-state index contributed by atoms with van der Waals surface area (Å²) in [5.74, 6) is -6.93. The topological polar surface area (TPSA) is 239 Å². The van der Waals surface area contributed by atoms with Crippen LogP contribution in [-0.2, 0) is 28.6 Å². The number of rotatable bonds is 9. The first-order valence-corrected chi connectivity index (χ1v) is 26.1. The minimum atomic E-state index is -2.37. The molecule has 406 valence electrons. The average molecular weight is 1010 g/mol. The largest absolute Gasteiger partial charge is 0.459 e. The molecule has 8 N–H and O–H groups in total. The van der Waals surface area contributed by atoms with Crippen LogP contribution in [0.15, 0.2) is 23.8 Å². The quantitative estimate of drug-likeness (QED) is 0.122. The van der Waals surface area contributed by atoms with E-state index in [4.69, 9.17) is 14.2 Å². The first-order chi connectivity index (χ1) is 32.8. The molecule has 7 unspecified atom stereocenters. The maximum atomic E-state index is 17.8. The Morgan fingerprint density at radius 3 is 2.21 bits per heavy atom. The Morgan fingerprint density at radius 1 is 0.944 bits per heavy atom. The monoisotopic (exact) mass is 1010 g/mol. The lowest BCUT2D eigenvalue weighted by molar-refractivity contribution is -0.299. The summed E-state index contributed by atoms with van der Waals surface area (Å²) in [6.45, 7) is 18.6. The Bertz CT molecular complexity index is 2010. The number of hydrogen-bond donors (Lipinski definition) is 8. The van der Waals surface area contributed by atoms with Gasteiger partial charge in [0.05, 0.1) is 35.9 Å². The summed E-state index contributed by atoms with van der Waals surface area (Å²) in [4.78, 5) is 44.3. The highest BCUT2D eigenvalue weighted by molar-refractivity contribution is 6.01. The number of esters is 1. The van der Waals surface area contributed by atoms with Gasteiger partial charge in [0.25, 0.3) is 5.91 Å². The van der Waals surface area contributed by atoms with E-state index in [0.29, 0.717) is 6.42 Å². The number of aliphatic hydroxyl groups is 7. The first kappa shape index (κ1) is 57.8. The van der Waals surface area contributed by atoms with Crippen molar-refractivity contribution in [2.75, 3.05) is 33.7 Å². The van der Waals surface area contributed by atoms with Crippen molar-refractivity contribution in [3.8, 4) is 0 Å². The highest BCUT2D eigenvalue weighted by atomic mass is 19.1. The molecule has 4 aliphatic carbocycles. The third-order valence-electron chi connectivity index (χ3n) is 18.8. The third-order valence-corrected chi connectivity index (χ3v) is 18.8. The molecule has 0 aromatic heterocycles. The van der Waals surface area contributed by atoms with Gasteiger partial charge in [0.2, 0.25) is 0 Å². The van der Waals surface area contributed by atoms with E-state index in [1.54, 1.807) is 41.5 Å². The van der Waals surface area contributed by atoms with Gasteiger partial charge in [-0.3, -0.25) is 19.3 Å². The predicted molar refractivity (Wildman–Crippen MR) is 260 cm³/mol.